The molecule has 3 aromatic rings. The maximum absolute atomic E-state index is 13.9. The second kappa shape index (κ2) is 11.8. The van der Waals surface area contributed by atoms with Crippen molar-refractivity contribution in [3.63, 3.8) is 0 Å². The van der Waals surface area contributed by atoms with Gasteiger partial charge in [-0.25, -0.2) is 0 Å². The van der Waals surface area contributed by atoms with Crippen LogP contribution in [0, 0.1) is 0 Å². The van der Waals surface area contributed by atoms with Gasteiger partial charge in [-0.05, 0) is 66.6 Å². The summed E-state index contributed by atoms with van der Waals surface area (Å²) in [7, 11) is 1.62. The summed E-state index contributed by atoms with van der Waals surface area (Å²) < 4.78 is 28.2. The molecule has 0 radical (unpaired) electrons. The summed E-state index contributed by atoms with van der Waals surface area (Å²) in [5.74, 6) is 2.16. The van der Waals surface area contributed by atoms with Crippen molar-refractivity contribution in [3.8, 4) is 23.0 Å². The van der Waals surface area contributed by atoms with Gasteiger partial charge in [-0.1, -0.05) is 6.07 Å². The second-order valence-electron chi connectivity index (χ2n) is 10.0. The van der Waals surface area contributed by atoms with Crippen LogP contribution in [0.25, 0.3) is 0 Å². The molecular weight excluding hydrogens is 532 g/mol. The molecule has 2 aromatic carbocycles. The lowest BCUT2D eigenvalue weighted by atomic mass is 10.00. The van der Waals surface area contributed by atoms with Gasteiger partial charge in [0.1, 0.15) is 24.7 Å². The van der Waals surface area contributed by atoms with Crippen molar-refractivity contribution in [2.45, 2.75) is 31.4 Å². The van der Waals surface area contributed by atoms with Gasteiger partial charge in [0.05, 0.1) is 19.3 Å². The van der Waals surface area contributed by atoms with Gasteiger partial charge in [-0.2, -0.15) is 0 Å². The first-order chi connectivity index (χ1) is 19.6. The highest BCUT2D eigenvalue weighted by Gasteiger charge is 2.35. The Morgan fingerprint density at radius 2 is 1.98 bits per heavy atom. The molecule has 1 aromatic heterocycles. The number of hydrogen-bond donors (Lipinski definition) is 0. The molecule has 2 unspecified atom stereocenters. The summed E-state index contributed by atoms with van der Waals surface area (Å²) in [4.78, 5) is 32.4. The molecule has 9 nitrogen and oxygen atoms in total. The van der Waals surface area contributed by atoms with E-state index in [4.69, 9.17) is 23.7 Å². The van der Waals surface area contributed by atoms with Gasteiger partial charge < -0.3 is 33.5 Å². The maximum Gasteiger partial charge on any atom is 0.254 e. The highest BCUT2D eigenvalue weighted by Crippen LogP contribution is 2.35. The van der Waals surface area contributed by atoms with Crippen LogP contribution in [-0.4, -0.2) is 74.5 Å². The van der Waals surface area contributed by atoms with E-state index in [1.807, 2.05) is 29.2 Å². The van der Waals surface area contributed by atoms with Crippen molar-refractivity contribution < 1.29 is 33.3 Å². The Labute approximate surface area is 237 Å². The summed E-state index contributed by atoms with van der Waals surface area (Å²) in [6.07, 6.45) is 2.48. The Morgan fingerprint density at radius 3 is 2.83 bits per heavy atom. The summed E-state index contributed by atoms with van der Waals surface area (Å²) in [5.41, 5.74) is 1.55. The third-order valence-electron chi connectivity index (χ3n) is 7.55. The molecule has 1 saturated heterocycles. The summed E-state index contributed by atoms with van der Waals surface area (Å²) in [6.45, 7) is 1.95. The maximum atomic E-state index is 13.9. The van der Waals surface area contributed by atoms with E-state index in [0.29, 0.717) is 54.9 Å². The molecule has 2 atom stereocenters. The number of ether oxygens (including phenoxy) is 5. The van der Waals surface area contributed by atoms with Gasteiger partial charge in [-0.3, -0.25) is 9.59 Å². The summed E-state index contributed by atoms with van der Waals surface area (Å²) in [6, 6.07) is 14.4. The normalized spacial score (nSPS) is 19.3. The lowest BCUT2D eigenvalue weighted by Crippen LogP contribution is -2.49. The van der Waals surface area contributed by atoms with Gasteiger partial charge in [0.25, 0.3) is 5.91 Å². The minimum absolute atomic E-state index is 0.0533. The standard InChI is InChI=1S/C30H32N2O7S/c1-35-21-4-2-5-22(15-21)37-18-25-24-10-13-40-28(24)9-11-32(25)29(33)17-31(16-23-6-3-12-36-23)30(34)20-7-8-26-27(14-20)39-19-38-26/h2,4-5,7-8,10,13-15,23,25H,3,6,9,11-12,16-19H2,1H3. The molecule has 0 bridgehead atoms. The van der Waals surface area contributed by atoms with Crippen LogP contribution in [0.3, 0.4) is 0 Å². The van der Waals surface area contributed by atoms with Gasteiger partial charge in [0.2, 0.25) is 12.7 Å². The first-order valence-corrected chi connectivity index (χ1v) is 14.4. The third kappa shape index (κ3) is 5.59. The average molecular weight is 565 g/mol. The zero-order chi connectivity index (χ0) is 27.5. The fourth-order valence-electron chi connectivity index (χ4n) is 5.46. The van der Waals surface area contributed by atoms with Crippen molar-refractivity contribution in [2.24, 2.45) is 0 Å². The van der Waals surface area contributed by atoms with E-state index in [1.54, 1.807) is 41.5 Å². The Balaban J connectivity index is 1.22. The van der Waals surface area contributed by atoms with Crippen LogP contribution in [0.2, 0.25) is 0 Å². The van der Waals surface area contributed by atoms with E-state index in [1.165, 1.54) is 4.88 Å². The number of nitrogens with zero attached hydrogens (tertiary/aromatic N) is 2. The van der Waals surface area contributed by atoms with Crippen LogP contribution in [-0.2, 0) is 16.0 Å². The van der Waals surface area contributed by atoms with Crippen LogP contribution < -0.4 is 18.9 Å². The van der Waals surface area contributed by atoms with Crippen molar-refractivity contribution in [2.75, 3.05) is 46.8 Å². The first-order valence-electron chi connectivity index (χ1n) is 13.5. The third-order valence-corrected chi connectivity index (χ3v) is 8.54. The quantitative estimate of drug-likeness (QED) is 0.383. The van der Waals surface area contributed by atoms with E-state index in [0.717, 1.165) is 24.8 Å². The predicted octanol–water partition coefficient (Wildman–Crippen LogP) is 4.31. The number of hydrogen-bond acceptors (Lipinski definition) is 8. The zero-order valence-corrected chi connectivity index (χ0v) is 23.2. The molecule has 1 fully saturated rings. The molecule has 3 aliphatic rings. The van der Waals surface area contributed by atoms with Crippen LogP contribution in [0.4, 0.5) is 0 Å². The van der Waals surface area contributed by atoms with Crippen molar-refractivity contribution >= 4 is 23.2 Å². The Hall–Kier alpha value is -3.76. The minimum Gasteiger partial charge on any atom is -0.497 e. The summed E-state index contributed by atoms with van der Waals surface area (Å²) in [5, 5.41) is 2.06. The zero-order valence-electron chi connectivity index (χ0n) is 22.4. The molecule has 210 valence electrons. The molecule has 10 heteroatoms. The summed E-state index contributed by atoms with van der Waals surface area (Å²) >= 11 is 1.70. The molecule has 0 aliphatic carbocycles. The lowest BCUT2D eigenvalue weighted by molar-refractivity contribution is -0.135. The molecule has 2 amide bonds. The Bertz CT molecular complexity index is 1370. The first kappa shape index (κ1) is 26.5. The van der Waals surface area contributed by atoms with Crippen LogP contribution >= 0.6 is 11.3 Å². The van der Waals surface area contributed by atoms with E-state index in [9.17, 15) is 9.59 Å². The van der Waals surface area contributed by atoms with E-state index < -0.39 is 0 Å². The molecule has 40 heavy (non-hydrogen) atoms. The largest absolute Gasteiger partial charge is 0.497 e. The molecule has 4 heterocycles. The Morgan fingerprint density at radius 1 is 1.10 bits per heavy atom. The van der Waals surface area contributed by atoms with E-state index >= 15 is 0 Å². The number of methoxy groups -OCH3 is 1. The fraction of sp³-hybridized carbons (Fsp3) is 0.400. The number of benzene rings is 2. The average Bonchev–Trinajstić information content (AvgIpc) is 3.77. The highest BCUT2D eigenvalue weighted by atomic mass is 32.1. The van der Waals surface area contributed by atoms with E-state index in [-0.39, 0.29) is 37.3 Å². The van der Waals surface area contributed by atoms with Crippen molar-refractivity contribution in [1.82, 2.24) is 9.80 Å². The number of carbonyl (C=O) groups is 2. The molecular formula is C30H32N2O7S. The topological polar surface area (TPSA) is 86.8 Å². The highest BCUT2D eigenvalue weighted by molar-refractivity contribution is 7.10. The van der Waals surface area contributed by atoms with Crippen LogP contribution in [0.15, 0.2) is 53.9 Å². The molecule has 3 aliphatic heterocycles. The number of rotatable bonds is 9. The van der Waals surface area contributed by atoms with E-state index in [2.05, 4.69) is 11.4 Å². The van der Waals surface area contributed by atoms with Crippen molar-refractivity contribution in [1.29, 1.82) is 0 Å². The lowest BCUT2D eigenvalue weighted by Gasteiger charge is -2.37. The van der Waals surface area contributed by atoms with Crippen LogP contribution in [0.1, 0.15) is 39.7 Å². The van der Waals surface area contributed by atoms with Gasteiger partial charge in [0.15, 0.2) is 11.5 Å². The van der Waals surface area contributed by atoms with Crippen molar-refractivity contribution in [3.05, 3.63) is 69.9 Å². The monoisotopic (exact) mass is 564 g/mol. The second-order valence-corrected chi connectivity index (χ2v) is 11.0. The van der Waals surface area contributed by atoms with Gasteiger partial charge in [-0.15, -0.1) is 11.3 Å². The van der Waals surface area contributed by atoms with Gasteiger partial charge in [0, 0.05) is 36.2 Å². The molecule has 0 spiro atoms. The Kier molecular flexibility index (Phi) is 7.79. The fourth-order valence-corrected chi connectivity index (χ4v) is 6.39. The van der Waals surface area contributed by atoms with Gasteiger partial charge >= 0.3 is 0 Å². The number of amides is 2. The smallest absolute Gasteiger partial charge is 0.254 e. The molecule has 0 saturated carbocycles. The van der Waals surface area contributed by atoms with Crippen LogP contribution in [0.5, 0.6) is 23.0 Å². The number of thiophene rings is 1. The minimum atomic E-state index is -0.265. The SMILES string of the molecule is COc1cccc(OCC2c3ccsc3CCN2C(=O)CN(CC2CCCO2)C(=O)c2ccc3c(c2)OCO3)c1. The number of fused-ring (bicyclic) bond motifs is 2. The molecule has 6 rings (SSSR count). The predicted molar refractivity (Wildman–Crippen MR) is 148 cm³/mol. The number of carbonyl (C=O) groups excluding carboxylic acids is 2. The molecule has 0 N–H and O–H groups in total.